The maximum absolute atomic E-state index is 5.84. The highest BCUT2D eigenvalue weighted by atomic mass is 32.2. The molecular formula is C12H16N6S. The van der Waals surface area contributed by atoms with E-state index in [-0.39, 0.29) is 0 Å². The summed E-state index contributed by atoms with van der Waals surface area (Å²) in [6, 6.07) is 4.34. The first-order valence-electron chi connectivity index (χ1n) is 6.44. The van der Waals surface area contributed by atoms with E-state index in [1.807, 2.05) is 16.8 Å². The zero-order chi connectivity index (χ0) is 13.1. The van der Waals surface area contributed by atoms with Crippen molar-refractivity contribution in [3.8, 4) is 0 Å². The number of rotatable bonds is 4. The second-order valence-electron chi connectivity index (χ2n) is 4.68. The van der Waals surface area contributed by atoms with Gasteiger partial charge in [0.2, 0.25) is 5.16 Å². The van der Waals surface area contributed by atoms with Crippen LogP contribution >= 0.6 is 11.8 Å². The maximum Gasteiger partial charge on any atom is 0.209 e. The Hall–Kier alpha value is -1.63. The Labute approximate surface area is 115 Å². The third-order valence-electron chi connectivity index (χ3n) is 3.42. The molecule has 0 spiro atoms. The monoisotopic (exact) mass is 276 g/mol. The van der Waals surface area contributed by atoms with Gasteiger partial charge < -0.3 is 5.73 Å². The molecule has 0 aromatic carbocycles. The molecule has 0 aliphatic heterocycles. The molecule has 2 aromatic rings. The van der Waals surface area contributed by atoms with Crippen LogP contribution in [0.25, 0.3) is 0 Å². The van der Waals surface area contributed by atoms with Gasteiger partial charge in [-0.1, -0.05) is 30.7 Å². The van der Waals surface area contributed by atoms with E-state index in [0.717, 1.165) is 16.5 Å². The third-order valence-corrected chi connectivity index (χ3v) is 4.40. The van der Waals surface area contributed by atoms with Crippen LogP contribution in [-0.2, 0) is 5.75 Å². The summed E-state index contributed by atoms with van der Waals surface area (Å²) in [7, 11) is 0. The second kappa shape index (κ2) is 5.56. The highest BCUT2D eigenvalue weighted by Crippen LogP contribution is 2.32. The summed E-state index contributed by atoms with van der Waals surface area (Å²) in [5, 5.41) is 12.9. The van der Waals surface area contributed by atoms with Crippen molar-refractivity contribution in [3.05, 3.63) is 23.9 Å². The topological polar surface area (TPSA) is 82.5 Å². The largest absolute Gasteiger partial charge is 0.383 e. The van der Waals surface area contributed by atoms with Crippen LogP contribution in [-0.4, -0.2) is 25.2 Å². The number of hydrogen-bond acceptors (Lipinski definition) is 6. The number of tetrazole rings is 1. The molecule has 7 heteroatoms. The van der Waals surface area contributed by atoms with Crippen molar-refractivity contribution in [2.24, 2.45) is 0 Å². The molecule has 3 rings (SSSR count). The summed E-state index contributed by atoms with van der Waals surface area (Å²) in [6.45, 7) is 0. The van der Waals surface area contributed by atoms with Gasteiger partial charge in [0, 0.05) is 17.5 Å². The van der Waals surface area contributed by atoms with Crippen molar-refractivity contribution in [1.82, 2.24) is 25.2 Å². The number of nitrogens with zero attached hydrogens (tertiary/aromatic N) is 5. The fourth-order valence-corrected chi connectivity index (χ4v) is 3.31. The lowest BCUT2D eigenvalue weighted by atomic mass is 10.3. The standard InChI is InChI=1S/C12H16N6S/c13-11-9(4-3-7-14-11)8-19-12-15-16-17-18(12)10-5-1-2-6-10/h3-4,7,10H,1-2,5-6,8H2,(H2,13,14). The van der Waals surface area contributed by atoms with Gasteiger partial charge in [0.25, 0.3) is 0 Å². The minimum atomic E-state index is 0.462. The fourth-order valence-electron chi connectivity index (χ4n) is 2.37. The molecule has 0 saturated heterocycles. The van der Waals surface area contributed by atoms with Gasteiger partial charge in [-0.25, -0.2) is 9.67 Å². The van der Waals surface area contributed by atoms with Crippen LogP contribution in [0.1, 0.15) is 37.3 Å². The lowest BCUT2D eigenvalue weighted by Crippen LogP contribution is -2.08. The van der Waals surface area contributed by atoms with Crippen molar-refractivity contribution < 1.29 is 0 Å². The number of pyridine rings is 1. The molecule has 6 nitrogen and oxygen atoms in total. The van der Waals surface area contributed by atoms with E-state index in [0.29, 0.717) is 11.9 Å². The zero-order valence-electron chi connectivity index (χ0n) is 10.6. The Balaban J connectivity index is 1.70. The van der Waals surface area contributed by atoms with Gasteiger partial charge in [0.15, 0.2) is 0 Å². The number of aromatic nitrogens is 5. The number of hydrogen-bond donors (Lipinski definition) is 1. The Bertz CT molecular complexity index is 549. The minimum Gasteiger partial charge on any atom is -0.383 e. The number of nitrogens with two attached hydrogens (primary N) is 1. The first-order valence-corrected chi connectivity index (χ1v) is 7.43. The van der Waals surface area contributed by atoms with Crippen LogP contribution < -0.4 is 5.73 Å². The Morgan fingerprint density at radius 3 is 3.00 bits per heavy atom. The summed E-state index contributed by atoms with van der Waals surface area (Å²) in [5.41, 5.74) is 6.86. The summed E-state index contributed by atoms with van der Waals surface area (Å²) >= 11 is 1.61. The second-order valence-corrected chi connectivity index (χ2v) is 5.62. The summed E-state index contributed by atoms with van der Waals surface area (Å²) < 4.78 is 1.96. The van der Waals surface area contributed by atoms with Crippen molar-refractivity contribution in [2.45, 2.75) is 42.6 Å². The molecule has 0 unspecified atom stereocenters. The van der Waals surface area contributed by atoms with E-state index in [1.54, 1.807) is 18.0 Å². The van der Waals surface area contributed by atoms with Gasteiger partial charge in [-0.15, -0.1) is 5.10 Å². The molecule has 1 saturated carbocycles. The first kappa shape index (κ1) is 12.4. The van der Waals surface area contributed by atoms with E-state index in [4.69, 9.17) is 5.73 Å². The van der Waals surface area contributed by atoms with E-state index in [1.165, 1.54) is 25.7 Å². The highest BCUT2D eigenvalue weighted by molar-refractivity contribution is 7.98. The smallest absolute Gasteiger partial charge is 0.209 e. The average molecular weight is 276 g/mol. The molecule has 1 fully saturated rings. The molecule has 0 atom stereocenters. The van der Waals surface area contributed by atoms with Gasteiger partial charge in [-0.3, -0.25) is 0 Å². The molecule has 0 bridgehead atoms. The van der Waals surface area contributed by atoms with Crippen LogP contribution in [0, 0.1) is 0 Å². The zero-order valence-corrected chi connectivity index (χ0v) is 11.4. The Morgan fingerprint density at radius 1 is 1.37 bits per heavy atom. The number of anilines is 1. The number of nitrogen functional groups attached to an aromatic ring is 1. The minimum absolute atomic E-state index is 0.462. The molecule has 2 heterocycles. The van der Waals surface area contributed by atoms with Crippen LogP contribution in [0.5, 0.6) is 0 Å². The summed E-state index contributed by atoms with van der Waals surface area (Å²) in [5.74, 6) is 1.32. The number of thioether (sulfide) groups is 1. The molecular weight excluding hydrogens is 260 g/mol. The highest BCUT2D eigenvalue weighted by Gasteiger charge is 2.21. The normalized spacial score (nSPS) is 16.0. The van der Waals surface area contributed by atoms with Crippen molar-refractivity contribution in [2.75, 3.05) is 5.73 Å². The fraction of sp³-hybridized carbons (Fsp3) is 0.500. The van der Waals surface area contributed by atoms with E-state index in [9.17, 15) is 0 Å². The SMILES string of the molecule is Nc1ncccc1CSc1nnnn1C1CCCC1. The van der Waals surface area contributed by atoms with Gasteiger partial charge in [0.05, 0.1) is 6.04 Å². The van der Waals surface area contributed by atoms with Crippen LogP contribution in [0.2, 0.25) is 0 Å². The van der Waals surface area contributed by atoms with Crippen molar-refractivity contribution in [1.29, 1.82) is 0 Å². The van der Waals surface area contributed by atoms with Gasteiger partial charge in [-0.2, -0.15) is 0 Å². The third kappa shape index (κ3) is 2.70. The van der Waals surface area contributed by atoms with Crippen LogP contribution in [0.3, 0.4) is 0 Å². The predicted octanol–water partition coefficient (Wildman–Crippen LogP) is 2.06. The Morgan fingerprint density at radius 2 is 2.21 bits per heavy atom. The lowest BCUT2D eigenvalue weighted by Gasteiger charge is -2.10. The summed E-state index contributed by atoms with van der Waals surface area (Å²) in [6.07, 6.45) is 6.59. The van der Waals surface area contributed by atoms with Gasteiger partial charge >= 0.3 is 0 Å². The molecule has 100 valence electrons. The van der Waals surface area contributed by atoms with E-state index in [2.05, 4.69) is 20.5 Å². The van der Waals surface area contributed by atoms with Crippen LogP contribution in [0.15, 0.2) is 23.5 Å². The predicted molar refractivity (Wildman–Crippen MR) is 73.5 cm³/mol. The molecule has 2 N–H and O–H groups in total. The quantitative estimate of drug-likeness (QED) is 0.861. The van der Waals surface area contributed by atoms with E-state index >= 15 is 0 Å². The van der Waals surface area contributed by atoms with E-state index < -0.39 is 0 Å². The average Bonchev–Trinajstić information content (AvgIpc) is 3.08. The first-order chi connectivity index (χ1) is 9.34. The lowest BCUT2D eigenvalue weighted by molar-refractivity contribution is 0.423. The van der Waals surface area contributed by atoms with Gasteiger partial charge in [0.1, 0.15) is 5.82 Å². The molecule has 0 radical (unpaired) electrons. The molecule has 1 aliphatic carbocycles. The molecule has 19 heavy (non-hydrogen) atoms. The Kier molecular flexibility index (Phi) is 3.63. The molecule has 2 aromatic heterocycles. The molecule has 0 amide bonds. The van der Waals surface area contributed by atoms with Gasteiger partial charge in [-0.05, 0) is 29.3 Å². The van der Waals surface area contributed by atoms with Crippen molar-refractivity contribution in [3.63, 3.8) is 0 Å². The molecule has 1 aliphatic rings. The summed E-state index contributed by atoms with van der Waals surface area (Å²) in [4.78, 5) is 4.08. The maximum atomic E-state index is 5.84. The van der Waals surface area contributed by atoms with Crippen LogP contribution in [0.4, 0.5) is 5.82 Å². The van der Waals surface area contributed by atoms with Crippen molar-refractivity contribution >= 4 is 17.6 Å².